The Labute approximate surface area is 131 Å². The maximum Gasteiger partial charge on any atom is 0.226 e. The quantitative estimate of drug-likeness (QED) is 0.716. The number of amides is 1. The molecule has 0 aromatic carbocycles. The molecule has 1 aromatic rings. The minimum absolute atomic E-state index is 0.0943. The zero-order chi connectivity index (χ0) is 14.9. The first-order valence-electron chi connectivity index (χ1n) is 8.40. The molecule has 4 nitrogen and oxygen atoms in total. The van der Waals surface area contributed by atoms with Crippen molar-refractivity contribution in [1.82, 2.24) is 10.2 Å². The van der Waals surface area contributed by atoms with Gasteiger partial charge >= 0.3 is 0 Å². The van der Waals surface area contributed by atoms with Crippen molar-refractivity contribution < 1.29 is 4.79 Å². The van der Waals surface area contributed by atoms with Crippen LogP contribution in [-0.4, -0.2) is 16.1 Å². The van der Waals surface area contributed by atoms with Crippen molar-refractivity contribution in [2.45, 2.75) is 77.6 Å². The number of anilines is 1. The summed E-state index contributed by atoms with van der Waals surface area (Å²) in [4.78, 5) is 12.0. The Morgan fingerprint density at radius 3 is 2.81 bits per heavy atom. The Kier molecular flexibility index (Phi) is 7.13. The zero-order valence-electron chi connectivity index (χ0n) is 13.1. The standard InChI is InChI=1S/C16H27N3OS/c1-2-3-5-10-15-18-19-16(21-15)17-14(20)12-11-13-8-6-4-7-9-13/h13H,2-12H2,1H3,(H,17,19,20). The topological polar surface area (TPSA) is 54.9 Å². The van der Waals surface area contributed by atoms with Gasteiger partial charge in [-0.1, -0.05) is 63.2 Å². The molecule has 1 aliphatic carbocycles. The number of nitrogens with zero attached hydrogens (tertiary/aromatic N) is 2. The minimum atomic E-state index is 0.0943. The van der Waals surface area contributed by atoms with E-state index in [4.69, 9.17) is 0 Å². The van der Waals surface area contributed by atoms with Crippen LogP contribution in [0.4, 0.5) is 5.13 Å². The van der Waals surface area contributed by atoms with E-state index >= 15 is 0 Å². The fraction of sp³-hybridized carbons (Fsp3) is 0.812. The maximum atomic E-state index is 12.0. The molecule has 1 amide bonds. The molecular formula is C16H27N3OS. The average Bonchev–Trinajstić information content (AvgIpc) is 2.94. The second kappa shape index (κ2) is 9.13. The van der Waals surface area contributed by atoms with E-state index in [1.54, 1.807) is 0 Å². The third kappa shape index (κ3) is 6.12. The molecule has 2 rings (SSSR count). The number of carbonyl (C=O) groups excluding carboxylic acids is 1. The van der Waals surface area contributed by atoms with Gasteiger partial charge in [0.05, 0.1) is 0 Å². The molecule has 1 saturated carbocycles. The molecule has 0 spiro atoms. The molecule has 0 unspecified atom stereocenters. The predicted octanol–water partition coefficient (Wildman–Crippen LogP) is 4.57. The molecule has 0 aliphatic heterocycles. The van der Waals surface area contributed by atoms with Crippen LogP contribution in [0.1, 0.15) is 76.1 Å². The van der Waals surface area contributed by atoms with Gasteiger partial charge < -0.3 is 5.32 Å². The molecule has 0 saturated heterocycles. The molecule has 118 valence electrons. The summed E-state index contributed by atoms with van der Waals surface area (Å²) >= 11 is 1.52. The van der Waals surface area contributed by atoms with Crippen LogP contribution in [0.15, 0.2) is 0 Å². The van der Waals surface area contributed by atoms with Gasteiger partial charge in [-0.25, -0.2) is 0 Å². The number of rotatable bonds is 8. The van der Waals surface area contributed by atoms with Gasteiger partial charge in [-0.15, -0.1) is 10.2 Å². The van der Waals surface area contributed by atoms with Gasteiger partial charge in [-0.2, -0.15) is 0 Å². The molecule has 21 heavy (non-hydrogen) atoms. The molecule has 1 aliphatic rings. The zero-order valence-corrected chi connectivity index (χ0v) is 13.9. The van der Waals surface area contributed by atoms with Crippen LogP contribution in [0.25, 0.3) is 0 Å². The second-order valence-corrected chi connectivity index (χ2v) is 7.11. The lowest BCUT2D eigenvalue weighted by Crippen LogP contribution is -2.14. The monoisotopic (exact) mass is 309 g/mol. The average molecular weight is 309 g/mol. The number of hydrogen-bond donors (Lipinski definition) is 1. The lowest BCUT2D eigenvalue weighted by Gasteiger charge is -2.20. The van der Waals surface area contributed by atoms with Crippen molar-refractivity contribution in [1.29, 1.82) is 0 Å². The van der Waals surface area contributed by atoms with Gasteiger partial charge in [0.2, 0.25) is 11.0 Å². The van der Waals surface area contributed by atoms with Gasteiger partial charge in [0.25, 0.3) is 0 Å². The van der Waals surface area contributed by atoms with Crippen molar-refractivity contribution in [3.05, 3.63) is 5.01 Å². The molecule has 1 aromatic heterocycles. The summed E-state index contributed by atoms with van der Waals surface area (Å²) in [5, 5.41) is 12.8. The first-order chi connectivity index (χ1) is 10.3. The van der Waals surface area contributed by atoms with Crippen LogP contribution in [0.3, 0.4) is 0 Å². The Morgan fingerprint density at radius 2 is 2.05 bits per heavy atom. The fourth-order valence-corrected chi connectivity index (χ4v) is 3.72. The molecule has 0 radical (unpaired) electrons. The van der Waals surface area contributed by atoms with E-state index in [2.05, 4.69) is 22.4 Å². The van der Waals surface area contributed by atoms with Crippen molar-refractivity contribution in [3.8, 4) is 0 Å². The smallest absolute Gasteiger partial charge is 0.226 e. The van der Waals surface area contributed by atoms with E-state index in [-0.39, 0.29) is 5.91 Å². The Morgan fingerprint density at radius 1 is 1.24 bits per heavy atom. The van der Waals surface area contributed by atoms with Crippen molar-refractivity contribution in [2.75, 3.05) is 5.32 Å². The lowest BCUT2D eigenvalue weighted by molar-refractivity contribution is -0.116. The van der Waals surface area contributed by atoms with E-state index in [1.807, 2.05) is 0 Å². The van der Waals surface area contributed by atoms with Crippen LogP contribution in [0.2, 0.25) is 0 Å². The summed E-state index contributed by atoms with van der Waals surface area (Å²) in [6.45, 7) is 2.19. The van der Waals surface area contributed by atoms with Gasteiger partial charge in [0, 0.05) is 12.8 Å². The number of nitrogens with one attached hydrogen (secondary N) is 1. The molecule has 1 fully saturated rings. The summed E-state index contributed by atoms with van der Waals surface area (Å²) < 4.78 is 0. The van der Waals surface area contributed by atoms with Gasteiger partial charge in [-0.3, -0.25) is 4.79 Å². The van der Waals surface area contributed by atoms with E-state index in [9.17, 15) is 4.79 Å². The Balaban J connectivity index is 1.67. The highest BCUT2D eigenvalue weighted by Gasteiger charge is 2.15. The van der Waals surface area contributed by atoms with Gasteiger partial charge in [0.1, 0.15) is 5.01 Å². The van der Waals surface area contributed by atoms with Crippen LogP contribution in [0.5, 0.6) is 0 Å². The van der Waals surface area contributed by atoms with Crippen LogP contribution in [0, 0.1) is 5.92 Å². The highest BCUT2D eigenvalue weighted by molar-refractivity contribution is 7.15. The first-order valence-corrected chi connectivity index (χ1v) is 9.22. The largest absolute Gasteiger partial charge is 0.301 e. The summed E-state index contributed by atoms with van der Waals surface area (Å²) in [7, 11) is 0. The first kappa shape index (κ1) is 16.4. The van der Waals surface area contributed by atoms with Gasteiger partial charge in [0.15, 0.2) is 0 Å². The third-order valence-electron chi connectivity index (χ3n) is 4.21. The van der Waals surface area contributed by atoms with E-state index in [1.165, 1.54) is 56.3 Å². The Bertz CT molecular complexity index is 427. The number of aromatic nitrogens is 2. The molecule has 5 heteroatoms. The normalized spacial score (nSPS) is 16.0. The molecule has 0 bridgehead atoms. The molecule has 0 atom stereocenters. The van der Waals surface area contributed by atoms with E-state index in [0.29, 0.717) is 11.6 Å². The fourth-order valence-electron chi connectivity index (χ4n) is 2.92. The minimum Gasteiger partial charge on any atom is -0.301 e. The van der Waals surface area contributed by atoms with Crippen LogP contribution < -0.4 is 5.32 Å². The predicted molar refractivity (Wildman–Crippen MR) is 87.6 cm³/mol. The summed E-state index contributed by atoms with van der Waals surface area (Å²) in [6.07, 6.45) is 12.9. The second-order valence-electron chi connectivity index (χ2n) is 6.05. The van der Waals surface area contributed by atoms with Crippen LogP contribution in [-0.2, 0) is 11.2 Å². The SMILES string of the molecule is CCCCCc1nnc(NC(=O)CCC2CCCCC2)s1. The van der Waals surface area contributed by atoms with E-state index < -0.39 is 0 Å². The summed E-state index contributed by atoms with van der Waals surface area (Å²) in [5.41, 5.74) is 0. The summed E-state index contributed by atoms with van der Waals surface area (Å²) in [6, 6.07) is 0. The Hall–Kier alpha value is -0.970. The van der Waals surface area contributed by atoms with Crippen LogP contribution >= 0.6 is 11.3 Å². The molecule has 1 N–H and O–H groups in total. The van der Waals surface area contributed by atoms with E-state index in [0.717, 1.165) is 30.2 Å². The lowest BCUT2D eigenvalue weighted by atomic mass is 9.86. The molecule has 1 heterocycles. The number of carbonyl (C=O) groups is 1. The maximum absolute atomic E-state index is 12.0. The highest BCUT2D eigenvalue weighted by atomic mass is 32.1. The van der Waals surface area contributed by atoms with Crippen molar-refractivity contribution >= 4 is 22.4 Å². The molecular weight excluding hydrogens is 282 g/mol. The number of unbranched alkanes of at least 4 members (excludes halogenated alkanes) is 2. The van der Waals surface area contributed by atoms with Gasteiger partial charge in [-0.05, 0) is 18.8 Å². The third-order valence-corrected chi connectivity index (χ3v) is 5.11. The number of aryl methyl sites for hydroxylation is 1. The van der Waals surface area contributed by atoms with Crippen molar-refractivity contribution in [3.63, 3.8) is 0 Å². The number of hydrogen-bond acceptors (Lipinski definition) is 4. The highest BCUT2D eigenvalue weighted by Crippen LogP contribution is 2.27. The summed E-state index contributed by atoms with van der Waals surface area (Å²) in [5.74, 6) is 0.848. The van der Waals surface area contributed by atoms with Crippen molar-refractivity contribution in [2.24, 2.45) is 5.92 Å².